The van der Waals surface area contributed by atoms with Crippen molar-refractivity contribution in [2.75, 3.05) is 6.54 Å². The molecule has 0 spiro atoms. The average molecular weight is 348 g/mol. The Morgan fingerprint density at radius 3 is 2.62 bits per heavy atom. The molecule has 24 heavy (non-hydrogen) atoms. The maximum Gasteiger partial charge on any atom is 0.259 e. The van der Waals surface area contributed by atoms with E-state index in [-0.39, 0.29) is 28.6 Å². The Hall–Kier alpha value is -3.06. The van der Waals surface area contributed by atoms with Gasteiger partial charge in [0, 0.05) is 11.6 Å². The number of phenolic OH excluding ortho intramolecular Hbond substituents is 2. The molecule has 7 nitrogen and oxygen atoms in total. The van der Waals surface area contributed by atoms with Crippen LogP contribution < -0.4 is 10.7 Å². The predicted molar refractivity (Wildman–Crippen MR) is 89.3 cm³/mol. The molecule has 0 fully saturated rings. The van der Waals surface area contributed by atoms with E-state index in [1.54, 1.807) is 24.3 Å². The molecule has 2 aromatic carbocycles. The summed E-state index contributed by atoms with van der Waals surface area (Å²) in [6.07, 6.45) is 1.21. The van der Waals surface area contributed by atoms with Crippen molar-refractivity contribution in [1.29, 1.82) is 0 Å². The number of phenols is 2. The fourth-order valence-corrected chi connectivity index (χ4v) is 1.98. The third-order valence-corrected chi connectivity index (χ3v) is 3.26. The quantitative estimate of drug-likeness (QED) is 0.486. The zero-order valence-electron chi connectivity index (χ0n) is 12.4. The van der Waals surface area contributed by atoms with Crippen molar-refractivity contribution >= 4 is 29.6 Å². The van der Waals surface area contributed by atoms with Gasteiger partial charge in [-0.3, -0.25) is 9.59 Å². The molecule has 0 atom stereocenters. The molecule has 8 heteroatoms. The molecule has 124 valence electrons. The molecule has 0 aliphatic heterocycles. The standard InChI is InChI=1S/C16H14ClN3O4/c17-13-4-2-1-3-12(13)16(24)18-9-15(23)20-19-8-10-5-6-11(21)7-14(10)22/h1-8,21-22H,9H2,(H,18,24)(H,20,23). The van der Waals surface area contributed by atoms with E-state index in [1.807, 2.05) is 0 Å². The minimum atomic E-state index is -0.551. The van der Waals surface area contributed by atoms with E-state index < -0.39 is 11.8 Å². The fraction of sp³-hybridized carbons (Fsp3) is 0.0625. The van der Waals surface area contributed by atoms with Crippen LogP contribution in [-0.4, -0.2) is 34.8 Å². The molecule has 2 amide bonds. The van der Waals surface area contributed by atoms with E-state index in [0.29, 0.717) is 5.56 Å². The summed E-state index contributed by atoms with van der Waals surface area (Å²) in [6, 6.07) is 10.4. The number of hydrogen-bond donors (Lipinski definition) is 4. The van der Waals surface area contributed by atoms with Crippen LogP contribution in [0.3, 0.4) is 0 Å². The topological polar surface area (TPSA) is 111 Å². The number of nitrogens with zero attached hydrogens (tertiary/aromatic N) is 1. The van der Waals surface area contributed by atoms with Crippen LogP contribution in [0.15, 0.2) is 47.6 Å². The van der Waals surface area contributed by atoms with E-state index in [9.17, 15) is 14.7 Å². The van der Waals surface area contributed by atoms with Gasteiger partial charge in [0.1, 0.15) is 11.5 Å². The van der Waals surface area contributed by atoms with Crippen LogP contribution in [0.25, 0.3) is 0 Å². The minimum Gasteiger partial charge on any atom is -0.508 e. The van der Waals surface area contributed by atoms with Crippen molar-refractivity contribution in [3.8, 4) is 11.5 Å². The molecular formula is C16H14ClN3O4. The van der Waals surface area contributed by atoms with Crippen molar-refractivity contribution in [1.82, 2.24) is 10.7 Å². The fourth-order valence-electron chi connectivity index (χ4n) is 1.76. The number of halogens is 1. The van der Waals surface area contributed by atoms with Gasteiger partial charge in [-0.05, 0) is 24.3 Å². The number of hydrazone groups is 1. The normalized spacial score (nSPS) is 10.5. The van der Waals surface area contributed by atoms with E-state index in [4.69, 9.17) is 16.7 Å². The first kappa shape index (κ1) is 17.3. The maximum absolute atomic E-state index is 11.9. The highest BCUT2D eigenvalue weighted by atomic mass is 35.5. The zero-order chi connectivity index (χ0) is 17.5. The largest absolute Gasteiger partial charge is 0.508 e. The number of benzene rings is 2. The molecule has 2 rings (SSSR count). The summed E-state index contributed by atoms with van der Waals surface area (Å²) in [5.41, 5.74) is 2.78. The number of carbonyl (C=O) groups excluding carboxylic acids is 2. The van der Waals surface area contributed by atoms with Gasteiger partial charge in [0.25, 0.3) is 11.8 Å². The highest BCUT2D eigenvalue weighted by Crippen LogP contribution is 2.20. The molecule has 2 aromatic rings. The van der Waals surface area contributed by atoms with Crippen LogP contribution in [0.5, 0.6) is 11.5 Å². The van der Waals surface area contributed by atoms with E-state index in [0.717, 1.165) is 6.07 Å². The number of amides is 2. The van der Waals surface area contributed by atoms with Gasteiger partial charge >= 0.3 is 0 Å². The molecule has 0 aliphatic rings. The molecule has 0 unspecified atom stereocenters. The molecule has 0 radical (unpaired) electrons. The molecule has 0 saturated carbocycles. The Bertz CT molecular complexity index is 793. The zero-order valence-corrected chi connectivity index (χ0v) is 13.1. The maximum atomic E-state index is 11.9. The van der Waals surface area contributed by atoms with Crippen molar-refractivity contribution in [3.05, 3.63) is 58.6 Å². The van der Waals surface area contributed by atoms with Crippen LogP contribution in [0.4, 0.5) is 0 Å². The second-order valence-electron chi connectivity index (χ2n) is 4.70. The molecule has 0 bridgehead atoms. The lowest BCUT2D eigenvalue weighted by Crippen LogP contribution is -2.35. The first-order chi connectivity index (χ1) is 11.5. The third kappa shape index (κ3) is 4.72. The highest BCUT2D eigenvalue weighted by Gasteiger charge is 2.10. The number of rotatable bonds is 5. The monoisotopic (exact) mass is 347 g/mol. The molecule has 0 saturated heterocycles. The van der Waals surface area contributed by atoms with Gasteiger partial charge in [-0.1, -0.05) is 23.7 Å². The Balaban J connectivity index is 1.84. The highest BCUT2D eigenvalue weighted by molar-refractivity contribution is 6.33. The van der Waals surface area contributed by atoms with Gasteiger partial charge in [-0.25, -0.2) is 5.43 Å². The van der Waals surface area contributed by atoms with E-state index >= 15 is 0 Å². The Labute approximate surface area is 142 Å². The summed E-state index contributed by atoms with van der Waals surface area (Å²) in [7, 11) is 0. The lowest BCUT2D eigenvalue weighted by molar-refractivity contribution is -0.120. The lowest BCUT2D eigenvalue weighted by Gasteiger charge is -2.05. The number of nitrogens with one attached hydrogen (secondary N) is 2. The summed E-state index contributed by atoms with van der Waals surface area (Å²) >= 11 is 5.89. The molecule has 0 heterocycles. The Morgan fingerprint density at radius 2 is 1.92 bits per heavy atom. The smallest absolute Gasteiger partial charge is 0.259 e. The van der Waals surface area contributed by atoms with E-state index in [1.165, 1.54) is 18.3 Å². The second kappa shape index (κ2) is 7.98. The van der Waals surface area contributed by atoms with Crippen molar-refractivity contribution in [2.45, 2.75) is 0 Å². The summed E-state index contributed by atoms with van der Waals surface area (Å²) in [4.78, 5) is 23.5. The van der Waals surface area contributed by atoms with Gasteiger partial charge < -0.3 is 15.5 Å². The van der Waals surface area contributed by atoms with Crippen molar-refractivity contribution < 1.29 is 19.8 Å². The molecule has 4 N–H and O–H groups in total. The second-order valence-corrected chi connectivity index (χ2v) is 5.11. The van der Waals surface area contributed by atoms with Crippen LogP contribution in [0.2, 0.25) is 5.02 Å². The molecular weight excluding hydrogens is 334 g/mol. The predicted octanol–water partition coefficient (Wildman–Crippen LogP) is 1.63. The van der Waals surface area contributed by atoms with E-state index in [2.05, 4.69) is 15.8 Å². The SMILES string of the molecule is O=C(CNC(=O)c1ccccc1Cl)NN=Cc1ccc(O)cc1O. The third-order valence-electron chi connectivity index (χ3n) is 2.93. The molecule has 0 aromatic heterocycles. The summed E-state index contributed by atoms with van der Waals surface area (Å²) in [5, 5.41) is 25.1. The van der Waals surface area contributed by atoms with Crippen LogP contribution >= 0.6 is 11.6 Å². The van der Waals surface area contributed by atoms with Gasteiger partial charge in [-0.15, -0.1) is 0 Å². The van der Waals surface area contributed by atoms with Crippen LogP contribution in [0.1, 0.15) is 15.9 Å². The summed E-state index contributed by atoms with van der Waals surface area (Å²) < 4.78 is 0. The Morgan fingerprint density at radius 1 is 1.17 bits per heavy atom. The van der Waals surface area contributed by atoms with Gasteiger partial charge in [0.15, 0.2) is 0 Å². The van der Waals surface area contributed by atoms with Crippen molar-refractivity contribution in [3.63, 3.8) is 0 Å². The number of hydrogen-bond acceptors (Lipinski definition) is 5. The first-order valence-corrected chi connectivity index (χ1v) is 7.22. The first-order valence-electron chi connectivity index (χ1n) is 6.84. The van der Waals surface area contributed by atoms with Crippen molar-refractivity contribution in [2.24, 2.45) is 5.10 Å². The van der Waals surface area contributed by atoms with Gasteiger partial charge in [0.2, 0.25) is 0 Å². The summed E-state index contributed by atoms with van der Waals surface area (Å²) in [6.45, 7) is -0.289. The minimum absolute atomic E-state index is 0.0871. The average Bonchev–Trinajstić information content (AvgIpc) is 2.55. The number of aromatic hydroxyl groups is 2. The number of carbonyl (C=O) groups is 2. The lowest BCUT2D eigenvalue weighted by atomic mass is 10.2. The Kier molecular flexibility index (Phi) is 5.75. The molecule has 0 aliphatic carbocycles. The summed E-state index contributed by atoms with van der Waals surface area (Å²) in [5.74, 6) is -1.29. The van der Waals surface area contributed by atoms with Gasteiger partial charge in [-0.2, -0.15) is 5.10 Å². The van der Waals surface area contributed by atoms with Gasteiger partial charge in [0.05, 0.1) is 23.3 Å². The van der Waals surface area contributed by atoms with Crippen LogP contribution in [0, 0.1) is 0 Å². The van der Waals surface area contributed by atoms with Crippen LogP contribution in [-0.2, 0) is 4.79 Å².